The number of nitrogens with one attached hydrogen (secondary N) is 1. The lowest BCUT2D eigenvalue weighted by Crippen LogP contribution is -2.40. The van der Waals surface area contributed by atoms with Crippen LogP contribution in [0.4, 0.5) is 0 Å². The molecule has 19 heavy (non-hydrogen) atoms. The molecule has 2 aromatic rings. The first-order chi connectivity index (χ1) is 9.07. The molecule has 0 bridgehead atoms. The van der Waals surface area contributed by atoms with Crippen molar-refractivity contribution >= 4 is 10.9 Å². The molecule has 0 unspecified atom stereocenters. The van der Waals surface area contributed by atoms with Gasteiger partial charge in [0.15, 0.2) is 0 Å². The summed E-state index contributed by atoms with van der Waals surface area (Å²) >= 11 is 0. The van der Waals surface area contributed by atoms with Crippen molar-refractivity contribution in [1.82, 2.24) is 9.88 Å². The summed E-state index contributed by atoms with van der Waals surface area (Å²) in [6, 6.07) is 8.31. The van der Waals surface area contributed by atoms with Gasteiger partial charge in [-0.05, 0) is 38.5 Å². The second-order valence-corrected chi connectivity index (χ2v) is 5.57. The summed E-state index contributed by atoms with van der Waals surface area (Å²) in [5.41, 5.74) is 1.44. The number of methoxy groups -OCH3 is 1. The van der Waals surface area contributed by atoms with E-state index in [2.05, 4.69) is 49.0 Å². The number of hydrogen-bond donors (Lipinski definition) is 1. The van der Waals surface area contributed by atoms with E-state index in [9.17, 15) is 0 Å². The van der Waals surface area contributed by atoms with Crippen molar-refractivity contribution in [1.29, 1.82) is 0 Å². The van der Waals surface area contributed by atoms with Gasteiger partial charge in [-0.2, -0.15) is 0 Å². The maximum absolute atomic E-state index is 5.39. The Bertz CT molecular complexity index is 543. The monoisotopic (exact) mass is 260 g/mol. The highest BCUT2D eigenvalue weighted by atomic mass is 16.5. The van der Waals surface area contributed by atoms with Crippen molar-refractivity contribution in [3.05, 3.63) is 30.5 Å². The highest BCUT2D eigenvalue weighted by Crippen LogP contribution is 2.26. The van der Waals surface area contributed by atoms with Gasteiger partial charge in [0.25, 0.3) is 0 Å². The van der Waals surface area contributed by atoms with Crippen LogP contribution >= 0.6 is 0 Å². The zero-order chi connectivity index (χ0) is 13.9. The molecule has 0 spiro atoms. The molecule has 0 aliphatic carbocycles. The van der Waals surface area contributed by atoms with Gasteiger partial charge in [0.1, 0.15) is 5.75 Å². The SMILES string of the molecule is CCC(C)(C)NCCn1ccc2c(OC)cccc21. The first-order valence-electron chi connectivity index (χ1n) is 6.94. The maximum atomic E-state index is 5.39. The van der Waals surface area contributed by atoms with Crippen molar-refractivity contribution < 1.29 is 4.74 Å². The summed E-state index contributed by atoms with van der Waals surface area (Å²) < 4.78 is 7.66. The Balaban J connectivity index is 2.10. The molecule has 0 aliphatic rings. The standard InChI is InChI=1S/C16H24N2O/c1-5-16(2,3)17-10-12-18-11-9-13-14(18)7-6-8-15(13)19-4/h6-9,11,17H,5,10,12H2,1-4H3. The van der Waals surface area contributed by atoms with Crippen LogP contribution in [0.15, 0.2) is 30.5 Å². The summed E-state index contributed by atoms with van der Waals surface area (Å²) in [5.74, 6) is 0.943. The fourth-order valence-corrected chi connectivity index (χ4v) is 2.21. The third-order valence-corrected chi connectivity index (χ3v) is 3.83. The average Bonchev–Trinajstić information content (AvgIpc) is 2.82. The summed E-state index contributed by atoms with van der Waals surface area (Å²) in [7, 11) is 1.72. The molecule has 0 fully saturated rings. The predicted molar refractivity (Wildman–Crippen MR) is 80.9 cm³/mol. The second-order valence-electron chi connectivity index (χ2n) is 5.57. The van der Waals surface area contributed by atoms with Crippen LogP contribution in [0.2, 0.25) is 0 Å². The lowest BCUT2D eigenvalue weighted by Gasteiger charge is -2.24. The number of hydrogen-bond acceptors (Lipinski definition) is 2. The van der Waals surface area contributed by atoms with Gasteiger partial charge in [0.05, 0.1) is 12.6 Å². The molecule has 0 saturated carbocycles. The number of nitrogens with zero attached hydrogens (tertiary/aromatic N) is 1. The Labute approximate surface area is 115 Å². The van der Waals surface area contributed by atoms with E-state index < -0.39 is 0 Å². The molecule has 1 heterocycles. The molecule has 0 radical (unpaired) electrons. The topological polar surface area (TPSA) is 26.2 Å². The van der Waals surface area contributed by atoms with Crippen molar-refractivity contribution in [2.24, 2.45) is 0 Å². The van der Waals surface area contributed by atoms with Crippen molar-refractivity contribution in [2.75, 3.05) is 13.7 Å². The fraction of sp³-hybridized carbons (Fsp3) is 0.500. The first-order valence-corrected chi connectivity index (χ1v) is 6.94. The van der Waals surface area contributed by atoms with E-state index >= 15 is 0 Å². The smallest absolute Gasteiger partial charge is 0.128 e. The van der Waals surface area contributed by atoms with Crippen molar-refractivity contribution in [2.45, 2.75) is 39.3 Å². The predicted octanol–water partition coefficient (Wildman–Crippen LogP) is 3.43. The van der Waals surface area contributed by atoms with E-state index in [-0.39, 0.29) is 5.54 Å². The Morgan fingerprint density at radius 1 is 1.26 bits per heavy atom. The third kappa shape index (κ3) is 3.10. The Kier molecular flexibility index (Phi) is 4.15. The molecule has 104 valence electrons. The Morgan fingerprint density at radius 3 is 2.74 bits per heavy atom. The van der Waals surface area contributed by atoms with E-state index in [1.54, 1.807) is 7.11 Å². The molecule has 1 aromatic heterocycles. The maximum Gasteiger partial charge on any atom is 0.128 e. The van der Waals surface area contributed by atoms with Gasteiger partial charge in [-0.1, -0.05) is 13.0 Å². The molecule has 1 aromatic carbocycles. The van der Waals surface area contributed by atoms with E-state index in [0.29, 0.717) is 0 Å². The quantitative estimate of drug-likeness (QED) is 0.861. The first kappa shape index (κ1) is 13.9. The van der Waals surface area contributed by atoms with Gasteiger partial charge in [0, 0.05) is 30.2 Å². The molecule has 3 nitrogen and oxygen atoms in total. The minimum absolute atomic E-state index is 0.209. The number of ether oxygens (including phenoxy) is 1. The van der Waals surface area contributed by atoms with Crippen LogP contribution in [0.5, 0.6) is 5.75 Å². The van der Waals surface area contributed by atoms with E-state index in [1.807, 2.05) is 12.1 Å². The molecule has 0 aliphatic heterocycles. The van der Waals surface area contributed by atoms with Crippen LogP contribution in [0.3, 0.4) is 0 Å². The van der Waals surface area contributed by atoms with Gasteiger partial charge in [-0.15, -0.1) is 0 Å². The molecular formula is C16H24N2O. The Morgan fingerprint density at radius 2 is 2.05 bits per heavy atom. The number of benzene rings is 1. The van der Waals surface area contributed by atoms with Crippen LogP contribution in [-0.2, 0) is 6.54 Å². The van der Waals surface area contributed by atoms with Crippen molar-refractivity contribution in [3.63, 3.8) is 0 Å². The second kappa shape index (κ2) is 5.66. The molecule has 0 amide bonds. The van der Waals surface area contributed by atoms with Crippen LogP contribution in [-0.4, -0.2) is 23.8 Å². The molecule has 0 saturated heterocycles. The summed E-state index contributed by atoms with van der Waals surface area (Å²) in [4.78, 5) is 0. The zero-order valence-corrected chi connectivity index (χ0v) is 12.4. The van der Waals surface area contributed by atoms with E-state index in [0.717, 1.165) is 25.3 Å². The third-order valence-electron chi connectivity index (χ3n) is 3.83. The number of fused-ring (bicyclic) bond motifs is 1. The molecule has 3 heteroatoms. The Hall–Kier alpha value is -1.48. The number of rotatable bonds is 6. The van der Waals surface area contributed by atoms with Crippen LogP contribution in [0.1, 0.15) is 27.2 Å². The lowest BCUT2D eigenvalue weighted by molar-refractivity contribution is 0.369. The van der Waals surface area contributed by atoms with Crippen LogP contribution < -0.4 is 10.1 Å². The zero-order valence-electron chi connectivity index (χ0n) is 12.4. The molecular weight excluding hydrogens is 236 g/mol. The summed E-state index contributed by atoms with van der Waals surface area (Å²) in [6.45, 7) is 8.64. The molecule has 0 atom stereocenters. The summed E-state index contributed by atoms with van der Waals surface area (Å²) in [5, 5.41) is 4.77. The van der Waals surface area contributed by atoms with Crippen LogP contribution in [0, 0.1) is 0 Å². The minimum Gasteiger partial charge on any atom is -0.496 e. The van der Waals surface area contributed by atoms with Gasteiger partial charge in [0.2, 0.25) is 0 Å². The van der Waals surface area contributed by atoms with Gasteiger partial charge >= 0.3 is 0 Å². The molecule has 2 rings (SSSR count). The normalized spacial score (nSPS) is 12.0. The van der Waals surface area contributed by atoms with E-state index in [4.69, 9.17) is 4.74 Å². The highest BCUT2D eigenvalue weighted by molar-refractivity contribution is 5.86. The van der Waals surface area contributed by atoms with Crippen LogP contribution in [0.25, 0.3) is 10.9 Å². The van der Waals surface area contributed by atoms with E-state index in [1.165, 1.54) is 10.9 Å². The lowest BCUT2D eigenvalue weighted by atomic mass is 10.0. The van der Waals surface area contributed by atoms with Gasteiger partial charge < -0.3 is 14.6 Å². The summed E-state index contributed by atoms with van der Waals surface area (Å²) in [6.07, 6.45) is 3.26. The fourth-order valence-electron chi connectivity index (χ4n) is 2.21. The highest BCUT2D eigenvalue weighted by Gasteiger charge is 2.13. The molecule has 1 N–H and O–H groups in total. The van der Waals surface area contributed by atoms with Gasteiger partial charge in [-0.3, -0.25) is 0 Å². The average molecular weight is 260 g/mol. The van der Waals surface area contributed by atoms with Gasteiger partial charge in [-0.25, -0.2) is 0 Å². The largest absolute Gasteiger partial charge is 0.496 e. The number of aromatic nitrogens is 1. The minimum atomic E-state index is 0.209. The van der Waals surface area contributed by atoms with Crippen molar-refractivity contribution in [3.8, 4) is 5.75 Å².